The number of nitrogens with one attached hydrogen (secondary N) is 1. The first kappa shape index (κ1) is 16.0. The quantitative estimate of drug-likeness (QED) is 0.634. The van der Waals surface area contributed by atoms with Gasteiger partial charge in [-0.15, -0.1) is 0 Å². The average Bonchev–Trinajstić information content (AvgIpc) is 3.33. The third kappa shape index (κ3) is 5.87. The molecule has 5 heteroatoms. The molecule has 0 spiro atoms. The van der Waals surface area contributed by atoms with Crippen LogP contribution in [0.25, 0.3) is 0 Å². The van der Waals surface area contributed by atoms with Crippen molar-refractivity contribution in [2.24, 2.45) is 0 Å². The zero-order valence-corrected chi connectivity index (χ0v) is 13.2. The predicted octanol–water partition coefficient (Wildman–Crippen LogP) is 3.37. The molecule has 1 heterocycles. The Labute approximate surface area is 127 Å². The molecule has 1 aliphatic carbocycles. The molecule has 1 fully saturated rings. The van der Waals surface area contributed by atoms with Gasteiger partial charge in [-0.1, -0.05) is 20.3 Å². The molecule has 1 aromatic rings. The minimum Gasteiger partial charge on any atom is -0.475 e. The van der Waals surface area contributed by atoms with E-state index in [4.69, 9.17) is 9.47 Å². The number of hydrogen-bond acceptors (Lipinski definition) is 5. The highest BCUT2D eigenvalue weighted by atomic mass is 16.5. The lowest BCUT2D eigenvalue weighted by molar-refractivity contribution is 0.0964. The Kier molecular flexibility index (Phi) is 6.73. The van der Waals surface area contributed by atoms with Crippen molar-refractivity contribution in [1.82, 2.24) is 9.97 Å². The van der Waals surface area contributed by atoms with Crippen LogP contribution >= 0.6 is 0 Å². The summed E-state index contributed by atoms with van der Waals surface area (Å²) in [5.41, 5.74) is 0. The fraction of sp³-hybridized carbons (Fsp3) is 0.750. The van der Waals surface area contributed by atoms with E-state index in [1.54, 1.807) is 0 Å². The van der Waals surface area contributed by atoms with E-state index >= 15 is 0 Å². The number of hydrogen-bond donors (Lipinski definition) is 1. The molecule has 1 aliphatic rings. The maximum Gasteiger partial charge on any atom is 0.218 e. The van der Waals surface area contributed by atoms with Gasteiger partial charge >= 0.3 is 0 Å². The standard InChI is InChI=1S/C16H27N3O2/c1-3-5-9-20-10-11-21-15-12-14(17-8-4-2)18-16(19-15)13-6-7-13/h12-13H,3-11H2,1-2H3,(H,17,18,19). The molecule has 5 nitrogen and oxygen atoms in total. The smallest absolute Gasteiger partial charge is 0.218 e. The van der Waals surface area contributed by atoms with Crippen molar-refractivity contribution in [3.05, 3.63) is 11.9 Å². The van der Waals surface area contributed by atoms with Gasteiger partial charge in [0.05, 0.1) is 6.61 Å². The van der Waals surface area contributed by atoms with Crippen LogP contribution in [0.3, 0.4) is 0 Å². The van der Waals surface area contributed by atoms with Gasteiger partial charge in [-0.05, 0) is 25.7 Å². The number of rotatable bonds is 11. The molecule has 0 saturated heterocycles. The van der Waals surface area contributed by atoms with E-state index in [2.05, 4.69) is 29.1 Å². The van der Waals surface area contributed by atoms with Gasteiger partial charge in [0.25, 0.3) is 0 Å². The lowest BCUT2D eigenvalue weighted by Gasteiger charge is -2.10. The Morgan fingerprint density at radius 3 is 2.71 bits per heavy atom. The van der Waals surface area contributed by atoms with Crippen molar-refractivity contribution in [2.75, 3.05) is 31.7 Å². The van der Waals surface area contributed by atoms with E-state index in [1.807, 2.05) is 6.07 Å². The molecule has 0 atom stereocenters. The number of nitrogens with zero attached hydrogens (tertiary/aromatic N) is 2. The predicted molar refractivity (Wildman–Crippen MR) is 84.0 cm³/mol. The SMILES string of the molecule is CCCCOCCOc1cc(NCCC)nc(C2CC2)n1. The number of aromatic nitrogens is 2. The molecule has 118 valence electrons. The van der Waals surface area contributed by atoms with E-state index in [0.717, 1.165) is 44.1 Å². The highest BCUT2D eigenvalue weighted by molar-refractivity contribution is 5.39. The molecule has 0 unspecified atom stereocenters. The monoisotopic (exact) mass is 293 g/mol. The van der Waals surface area contributed by atoms with E-state index in [-0.39, 0.29) is 0 Å². The number of anilines is 1. The summed E-state index contributed by atoms with van der Waals surface area (Å²) >= 11 is 0. The Hall–Kier alpha value is -1.36. The minimum absolute atomic E-state index is 0.525. The van der Waals surface area contributed by atoms with Crippen LogP contribution in [0.15, 0.2) is 6.07 Å². The second-order valence-electron chi connectivity index (χ2n) is 5.47. The highest BCUT2D eigenvalue weighted by Gasteiger charge is 2.27. The van der Waals surface area contributed by atoms with Crippen LogP contribution in [0, 0.1) is 0 Å². The normalized spacial score (nSPS) is 14.2. The van der Waals surface area contributed by atoms with E-state index in [0.29, 0.717) is 25.0 Å². The van der Waals surface area contributed by atoms with Crippen LogP contribution in [0.1, 0.15) is 57.7 Å². The van der Waals surface area contributed by atoms with Crippen molar-refractivity contribution in [3.8, 4) is 5.88 Å². The molecule has 2 rings (SSSR count). The first-order chi connectivity index (χ1) is 10.3. The topological polar surface area (TPSA) is 56.3 Å². The fourth-order valence-electron chi connectivity index (χ4n) is 1.94. The maximum absolute atomic E-state index is 5.71. The highest BCUT2D eigenvalue weighted by Crippen LogP contribution is 2.39. The minimum atomic E-state index is 0.525. The van der Waals surface area contributed by atoms with Gasteiger partial charge < -0.3 is 14.8 Å². The van der Waals surface area contributed by atoms with Gasteiger partial charge in [-0.2, -0.15) is 4.98 Å². The van der Waals surface area contributed by atoms with Crippen LogP contribution in [-0.4, -0.2) is 36.3 Å². The average molecular weight is 293 g/mol. The van der Waals surface area contributed by atoms with Gasteiger partial charge in [-0.25, -0.2) is 4.98 Å². The van der Waals surface area contributed by atoms with Gasteiger partial charge in [0.1, 0.15) is 18.2 Å². The van der Waals surface area contributed by atoms with Crippen molar-refractivity contribution >= 4 is 5.82 Å². The van der Waals surface area contributed by atoms with Crippen LogP contribution in [0.5, 0.6) is 5.88 Å². The van der Waals surface area contributed by atoms with Crippen molar-refractivity contribution in [3.63, 3.8) is 0 Å². The molecule has 0 radical (unpaired) electrons. The molecule has 0 aliphatic heterocycles. The summed E-state index contributed by atoms with van der Waals surface area (Å²) in [5, 5.41) is 3.31. The summed E-state index contributed by atoms with van der Waals surface area (Å²) in [6, 6.07) is 1.88. The van der Waals surface area contributed by atoms with Gasteiger partial charge in [-0.3, -0.25) is 0 Å². The summed E-state index contributed by atoms with van der Waals surface area (Å²) in [4.78, 5) is 9.08. The summed E-state index contributed by atoms with van der Waals surface area (Å²) in [7, 11) is 0. The van der Waals surface area contributed by atoms with E-state index < -0.39 is 0 Å². The lowest BCUT2D eigenvalue weighted by Crippen LogP contribution is -2.10. The second kappa shape index (κ2) is 8.82. The van der Waals surface area contributed by atoms with Crippen LogP contribution < -0.4 is 10.1 Å². The fourth-order valence-corrected chi connectivity index (χ4v) is 1.94. The van der Waals surface area contributed by atoms with Gasteiger partial charge in [0, 0.05) is 25.1 Å². The Bertz CT molecular complexity index is 422. The summed E-state index contributed by atoms with van der Waals surface area (Å²) in [5.74, 6) is 2.97. The molecular weight excluding hydrogens is 266 g/mol. The zero-order valence-electron chi connectivity index (χ0n) is 13.2. The maximum atomic E-state index is 5.71. The Balaban J connectivity index is 1.83. The Morgan fingerprint density at radius 2 is 2.00 bits per heavy atom. The molecule has 21 heavy (non-hydrogen) atoms. The lowest BCUT2D eigenvalue weighted by atomic mass is 10.4. The van der Waals surface area contributed by atoms with Crippen LogP contribution in [-0.2, 0) is 4.74 Å². The molecule has 1 aromatic heterocycles. The van der Waals surface area contributed by atoms with Crippen molar-refractivity contribution in [1.29, 1.82) is 0 Å². The first-order valence-electron chi connectivity index (χ1n) is 8.16. The van der Waals surface area contributed by atoms with Crippen molar-refractivity contribution < 1.29 is 9.47 Å². The van der Waals surface area contributed by atoms with Crippen LogP contribution in [0.4, 0.5) is 5.82 Å². The molecule has 1 N–H and O–H groups in total. The van der Waals surface area contributed by atoms with Gasteiger partial charge in [0.15, 0.2) is 0 Å². The van der Waals surface area contributed by atoms with E-state index in [1.165, 1.54) is 12.8 Å². The summed E-state index contributed by atoms with van der Waals surface area (Å²) in [6.07, 6.45) is 5.71. The van der Waals surface area contributed by atoms with Gasteiger partial charge in [0.2, 0.25) is 5.88 Å². The molecule has 1 saturated carbocycles. The summed E-state index contributed by atoms with van der Waals surface area (Å²) in [6.45, 7) is 7.17. The summed E-state index contributed by atoms with van der Waals surface area (Å²) < 4.78 is 11.2. The first-order valence-corrected chi connectivity index (χ1v) is 8.16. The molecular formula is C16H27N3O2. The third-order valence-electron chi connectivity index (χ3n) is 3.34. The number of ether oxygens (including phenoxy) is 2. The molecule has 0 aromatic carbocycles. The molecule has 0 bridgehead atoms. The van der Waals surface area contributed by atoms with Crippen LogP contribution in [0.2, 0.25) is 0 Å². The third-order valence-corrected chi connectivity index (χ3v) is 3.34. The van der Waals surface area contributed by atoms with E-state index in [9.17, 15) is 0 Å². The second-order valence-corrected chi connectivity index (χ2v) is 5.47. The zero-order chi connectivity index (χ0) is 14.9. The largest absolute Gasteiger partial charge is 0.475 e. The van der Waals surface area contributed by atoms with Crippen molar-refractivity contribution in [2.45, 2.75) is 51.9 Å². The molecule has 0 amide bonds. The Morgan fingerprint density at radius 1 is 1.14 bits per heavy atom. The number of unbranched alkanes of at least 4 members (excludes halogenated alkanes) is 1.